The Morgan fingerprint density at radius 3 is 2.20 bits per heavy atom. The largest absolute Gasteiger partial charge is 0.356 e. The van der Waals surface area contributed by atoms with E-state index in [9.17, 15) is 4.79 Å². The predicted molar refractivity (Wildman–Crippen MR) is 84.4 cm³/mol. The number of amides is 1. The first-order chi connectivity index (χ1) is 9.54. The minimum atomic E-state index is -0.0138. The molecule has 0 heterocycles. The third-order valence-electron chi connectivity index (χ3n) is 2.98. The second kappa shape index (κ2) is 6.24. The van der Waals surface area contributed by atoms with Crippen molar-refractivity contribution in [2.75, 3.05) is 10.6 Å². The number of carbonyl (C=O) groups is 1. The zero-order valence-corrected chi connectivity index (χ0v) is 12.1. The molecule has 3 nitrogen and oxygen atoms in total. The number of benzene rings is 2. The maximum Gasteiger partial charge on any atom is 0.226 e. The zero-order valence-electron chi connectivity index (χ0n) is 12.1. The van der Waals surface area contributed by atoms with Gasteiger partial charge in [0.25, 0.3) is 0 Å². The van der Waals surface area contributed by atoms with Gasteiger partial charge in [-0.15, -0.1) is 0 Å². The Kier molecular flexibility index (Phi) is 4.41. The summed E-state index contributed by atoms with van der Waals surface area (Å²) in [6.45, 7) is 5.82. The van der Waals surface area contributed by atoms with E-state index < -0.39 is 0 Å². The SMILES string of the molecule is Cc1cccc(Nc2ccc(NC(=O)C(C)C)cc2)c1. The van der Waals surface area contributed by atoms with Crippen LogP contribution >= 0.6 is 0 Å². The van der Waals surface area contributed by atoms with Gasteiger partial charge in [0.05, 0.1) is 0 Å². The monoisotopic (exact) mass is 268 g/mol. The summed E-state index contributed by atoms with van der Waals surface area (Å²) in [4.78, 5) is 11.6. The molecule has 104 valence electrons. The van der Waals surface area contributed by atoms with Crippen molar-refractivity contribution in [1.82, 2.24) is 0 Å². The fraction of sp³-hybridized carbons (Fsp3) is 0.235. The average Bonchev–Trinajstić information content (AvgIpc) is 2.41. The molecule has 2 aromatic carbocycles. The summed E-state index contributed by atoms with van der Waals surface area (Å²) in [6.07, 6.45) is 0. The summed E-state index contributed by atoms with van der Waals surface area (Å²) in [5, 5.41) is 6.21. The lowest BCUT2D eigenvalue weighted by atomic mass is 10.2. The third kappa shape index (κ3) is 3.85. The van der Waals surface area contributed by atoms with Gasteiger partial charge in [-0.25, -0.2) is 0 Å². The Bertz CT molecular complexity index is 588. The molecule has 0 aliphatic rings. The van der Waals surface area contributed by atoms with Crippen LogP contribution in [0.1, 0.15) is 19.4 Å². The predicted octanol–water partition coefficient (Wildman–Crippen LogP) is 4.33. The molecule has 0 spiro atoms. The van der Waals surface area contributed by atoms with E-state index in [1.165, 1.54) is 5.56 Å². The summed E-state index contributed by atoms with van der Waals surface area (Å²) < 4.78 is 0. The number of hydrogen-bond donors (Lipinski definition) is 2. The van der Waals surface area contributed by atoms with Crippen LogP contribution in [-0.4, -0.2) is 5.91 Å². The second-order valence-corrected chi connectivity index (χ2v) is 5.22. The zero-order chi connectivity index (χ0) is 14.5. The highest BCUT2D eigenvalue weighted by Gasteiger charge is 2.06. The van der Waals surface area contributed by atoms with Gasteiger partial charge in [0.2, 0.25) is 5.91 Å². The first-order valence-electron chi connectivity index (χ1n) is 6.79. The lowest BCUT2D eigenvalue weighted by Gasteiger charge is -2.10. The molecule has 0 atom stereocenters. The van der Waals surface area contributed by atoms with E-state index in [0.717, 1.165) is 17.1 Å². The fourth-order valence-electron chi connectivity index (χ4n) is 1.81. The van der Waals surface area contributed by atoms with Crippen molar-refractivity contribution in [2.45, 2.75) is 20.8 Å². The highest BCUT2D eigenvalue weighted by atomic mass is 16.1. The Morgan fingerprint density at radius 2 is 1.60 bits per heavy atom. The van der Waals surface area contributed by atoms with E-state index in [1.54, 1.807) is 0 Å². The molecule has 2 rings (SSSR count). The molecule has 0 unspecified atom stereocenters. The van der Waals surface area contributed by atoms with Crippen LogP contribution in [0.4, 0.5) is 17.1 Å². The number of hydrogen-bond acceptors (Lipinski definition) is 2. The molecule has 1 amide bonds. The van der Waals surface area contributed by atoms with Gasteiger partial charge < -0.3 is 10.6 Å². The van der Waals surface area contributed by atoms with Crippen LogP contribution in [0.25, 0.3) is 0 Å². The molecular weight excluding hydrogens is 248 g/mol. The summed E-state index contributed by atoms with van der Waals surface area (Å²) in [5.41, 5.74) is 4.09. The van der Waals surface area contributed by atoms with E-state index in [1.807, 2.05) is 50.2 Å². The Labute approximate surface area is 120 Å². The fourth-order valence-corrected chi connectivity index (χ4v) is 1.81. The molecule has 0 saturated heterocycles. The van der Waals surface area contributed by atoms with Crippen LogP contribution in [0.15, 0.2) is 48.5 Å². The number of carbonyl (C=O) groups excluding carboxylic acids is 1. The van der Waals surface area contributed by atoms with E-state index in [0.29, 0.717) is 0 Å². The Hall–Kier alpha value is -2.29. The lowest BCUT2D eigenvalue weighted by molar-refractivity contribution is -0.118. The molecule has 2 N–H and O–H groups in total. The van der Waals surface area contributed by atoms with Gasteiger partial charge in [-0.05, 0) is 48.9 Å². The second-order valence-electron chi connectivity index (χ2n) is 5.22. The summed E-state index contributed by atoms with van der Waals surface area (Å²) in [5.74, 6) is 0.0180. The third-order valence-corrected chi connectivity index (χ3v) is 2.98. The molecule has 3 heteroatoms. The average molecular weight is 268 g/mol. The van der Waals surface area contributed by atoms with E-state index in [4.69, 9.17) is 0 Å². The molecule has 0 fully saturated rings. The van der Waals surface area contributed by atoms with Crippen molar-refractivity contribution in [1.29, 1.82) is 0 Å². The smallest absolute Gasteiger partial charge is 0.226 e. The molecule has 0 aliphatic carbocycles. The standard InChI is InChI=1S/C17H20N2O/c1-12(2)17(20)19-15-9-7-14(8-10-15)18-16-6-4-5-13(3)11-16/h4-12,18H,1-3H3,(H,19,20). The molecule has 2 aromatic rings. The molecule has 20 heavy (non-hydrogen) atoms. The molecule has 0 saturated carbocycles. The summed E-state index contributed by atoms with van der Waals surface area (Å²) in [7, 11) is 0. The van der Waals surface area contributed by atoms with Crippen LogP contribution in [0.5, 0.6) is 0 Å². The highest BCUT2D eigenvalue weighted by Crippen LogP contribution is 2.19. The van der Waals surface area contributed by atoms with Crippen molar-refractivity contribution in [3.8, 4) is 0 Å². The topological polar surface area (TPSA) is 41.1 Å². The van der Waals surface area contributed by atoms with Gasteiger partial charge in [-0.3, -0.25) is 4.79 Å². The first kappa shape index (κ1) is 14.1. The quantitative estimate of drug-likeness (QED) is 0.866. The van der Waals surface area contributed by atoms with Gasteiger partial charge in [-0.2, -0.15) is 0 Å². The number of anilines is 3. The summed E-state index contributed by atoms with van der Waals surface area (Å²) in [6, 6.07) is 15.9. The Balaban J connectivity index is 2.03. The minimum Gasteiger partial charge on any atom is -0.356 e. The van der Waals surface area contributed by atoms with E-state index >= 15 is 0 Å². The van der Waals surface area contributed by atoms with Gasteiger partial charge in [0.15, 0.2) is 0 Å². The number of aryl methyl sites for hydroxylation is 1. The maximum atomic E-state index is 11.6. The van der Waals surface area contributed by atoms with Gasteiger partial charge in [0.1, 0.15) is 0 Å². The van der Waals surface area contributed by atoms with E-state index in [2.05, 4.69) is 29.7 Å². The molecule has 0 aliphatic heterocycles. The lowest BCUT2D eigenvalue weighted by Crippen LogP contribution is -2.17. The minimum absolute atomic E-state index is 0.0138. The van der Waals surface area contributed by atoms with Gasteiger partial charge in [0, 0.05) is 23.0 Å². The van der Waals surface area contributed by atoms with Crippen LogP contribution in [0.2, 0.25) is 0 Å². The molecule has 0 aromatic heterocycles. The maximum absolute atomic E-state index is 11.6. The first-order valence-corrected chi connectivity index (χ1v) is 6.79. The number of rotatable bonds is 4. The van der Waals surface area contributed by atoms with E-state index in [-0.39, 0.29) is 11.8 Å². The van der Waals surface area contributed by atoms with Crippen molar-refractivity contribution in [3.63, 3.8) is 0 Å². The van der Waals surface area contributed by atoms with Crippen LogP contribution < -0.4 is 10.6 Å². The van der Waals surface area contributed by atoms with Crippen molar-refractivity contribution >= 4 is 23.0 Å². The summed E-state index contributed by atoms with van der Waals surface area (Å²) >= 11 is 0. The van der Waals surface area contributed by atoms with Gasteiger partial charge >= 0.3 is 0 Å². The normalized spacial score (nSPS) is 10.4. The number of nitrogens with one attached hydrogen (secondary N) is 2. The van der Waals surface area contributed by atoms with Gasteiger partial charge in [-0.1, -0.05) is 26.0 Å². The van der Waals surface area contributed by atoms with Crippen molar-refractivity contribution in [2.24, 2.45) is 5.92 Å². The van der Waals surface area contributed by atoms with Crippen LogP contribution in [0, 0.1) is 12.8 Å². The molecular formula is C17H20N2O. The van der Waals surface area contributed by atoms with Crippen LogP contribution in [0.3, 0.4) is 0 Å². The van der Waals surface area contributed by atoms with Crippen molar-refractivity contribution in [3.05, 3.63) is 54.1 Å². The Morgan fingerprint density at radius 1 is 0.950 bits per heavy atom. The van der Waals surface area contributed by atoms with Crippen molar-refractivity contribution < 1.29 is 4.79 Å². The highest BCUT2D eigenvalue weighted by molar-refractivity contribution is 5.92. The molecule has 0 radical (unpaired) electrons. The molecule has 0 bridgehead atoms. The van der Waals surface area contributed by atoms with Crippen LogP contribution in [-0.2, 0) is 4.79 Å².